The lowest BCUT2D eigenvalue weighted by molar-refractivity contribution is 0.102. The number of hydrogen-bond acceptors (Lipinski definition) is 4. The van der Waals surface area contributed by atoms with Crippen LogP contribution in [0.25, 0.3) is 5.69 Å². The first kappa shape index (κ1) is 14.2. The number of carbonyl (C=O) groups is 1. The van der Waals surface area contributed by atoms with Crippen LogP contribution in [-0.2, 0) is 0 Å². The summed E-state index contributed by atoms with van der Waals surface area (Å²) in [6.45, 7) is 0. The van der Waals surface area contributed by atoms with Crippen molar-refractivity contribution >= 4 is 23.2 Å². The highest BCUT2D eigenvalue weighted by Gasteiger charge is 2.15. The fourth-order valence-electron chi connectivity index (χ4n) is 1.89. The van der Waals surface area contributed by atoms with Crippen LogP contribution >= 0.6 is 11.6 Å². The molecule has 1 amide bonds. The van der Waals surface area contributed by atoms with Gasteiger partial charge >= 0.3 is 0 Å². The van der Waals surface area contributed by atoms with Gasteiger partial charge in [0, 0.05) is 10.7 Å². The van der Waals surface area contributed by atoms with Gasteiger partial charge in [-0.25, -0.2) is 4.39 Å². The molecule has 1 aromatic heterocycles. The van der Waals surface area contributed by atoms with Crippen molar-refractivity contribution in [3.63, 3.8) is 0 Å². The van der Waals surface area contributed by atoms with Gasteiger partial charge in [-0.05, 0) is 52.9 Å². The van der Waals surface area contributed by atoms with E-state index in [1.807, 2.05) is 0 Å². The Balaban J connectivity index is 1.94. The molecule has 0 aliphatic rings. The normalized spacial score (nSPS) is 10.5. The summed E-state index contributed by atoms with van der Waals surface area (Å²) in [5.74, 6) is -1.01. The Bertz CT molecular complexity index is 805. The van der Waals surface area contributed by atoms with Gasteiger partial charge < -0.3 is 5.32 Å². The van der Waals surface area contributed by atoms with Gasteiger partial charge in [0.25, 0.3) is 5.91 Å². The SMILES string of the molecule is O=C(Nc1ccc(Cl)cc1)c1cc(F)ccc1-n1cnnn1. The predicted octanol–water partition coefficient (Wildman–Crippen LogP) is 2.71. The van der Waals surface area contributed by atoms with Gasteiger partial charge in [0.15, 0.2) is 0 Å². The molecule has 0 fully saturated rings. The topological polar surface area (TPSA) is 72.7 Å². The lowest BCUT2D eigenvalue weighted by atomic mass is 10.1. The first-order valence-corrected chi connectivity index (χ1v) is 6.61. The number of hydrogen-bond donors (Lipinski definition) is 1. The molecule has 8 heteroatoms. The van der Waals surface area contributed by atoms with E-state index < -0.39 is 11.7 Å². The smallest absolute Gasteiger partial charge is 0.257 e. The Morgan fingerprint density at radius 1 is 1.18 bits per heavy atom. The molecule has 0 saturated carbocycles. The molecule has 0 radical (unpaired) electrons. The molecule has 0 aliphatic carbocycles. The zero-order chi connectivity index (χ0) is 15.5. The Labute approximate surface area is 129 Å². The Hall–Kier alpha value is -2.80. The highest BCUT2D eigenvalue weighted by Crippen LogP contribution is 2.18. The first-order valence-electron chi connectivity index (χ1n) is 6.23. The third-order valence-corrected chi connectivity index (χ3v) is 3.15. The molecule has 0 aliphatic heterocycles. The predicted molar refractivity (Wildman–Crippen MR) is 78.5 cm³/mol. The van der Waals surface area contributed by atoms with Crippen LogP contribution < -0.4 is 5.32 Å². The van der Waals surface area contributed by atoms with E-state index in [9.17, 15) is 9.18 Å². The summed E-state index contributed by atoms with van der Waals surface area (Å²) < 4.78 is 14.8. The zero-order valence-corrected chi connectivity index (χ0v) is 11.8. The average Bonchev–Trinajstić information content (AvgIpc) is 3.03. The highest BCUT2D eigenvalue weighted by molar-refractivity contribution is 6.30. The molecule has 3 aromatic rings. The molecule has 6 nitrogen and oxygen atoms in total. The Kier molecular flexibility index (Phi) is 3.80. The number of aromatic nitrogens is 4. The van der Waals surface area contributed by atoms with E-state index in [4.69, 9.17) is 11.6 Å². The maximum atomic E-state index is 13.5. The van der Waals surface area contributed by atoms with Crippen molar-refractivity contribution in [2.75, 3.05) is 5.32 Å². The molecule has 1 N–H and O–H groups in total. The lowest BCUT2D eigenvalue weighted by Gasteiger charge is -2.09. The van der Waals surface area contributed by atoms with Crippen LogP contribution in [0.2, 0.25) is 5.02 Å². The van der Waals surface area contributed by atoms with Gasteiger partial charge in [-0.15, -0.1) is 5.10 Å². The maximum absolute atomic E-state index is 13.5. The van der Waals surface area contributed by atoms with Crippen LogP contribution in [0, 0.1) is 5.82 Å². The second-order valence-corrected chi connectivity index (χ2v) is 4.81. The zero-order valence-electron chi connectivity index (χ0n) is 11.1. The largest absolute Gasteiger partial charge is 0.322 e. The van der Waals surface area contributed by atoms with Crippen LogP contribution in [0.4, 0.5) is 10.1 Å². The van der Waals surface area contributed by atoms with Crippen LogP contribution in [0.3, 0.4) is 0 Å². The second-order valence-electron chi connectivity index (χ2n) is 4.38. The number of benzene rings is 2. The van der Waals surface area contributed by atoms with Crippen molar-refractivity contribution < 1.29 is 9.18 Å². The van der Waals surface area contributed by atoms with E-state index in [0.717, 1.165) is 6.07 Å². The number of nitrogens with zero attached hydrogens (tertiary/aromatic N) is 4. The Morgan fingerprint density at radius 3 is 2.64 bits per heavy atom. The lowest BCUT2D eigenvalue weighted by Crippen LogP contribution is -2.15. The molecule has 0 bridgehead atoms. The van der Waals surface area contributed by atoms with Gasteiger partial charge in [0.1, 0.15) is 12.1 Å². The fraction of sp³-hybridized carbons (Fsp3) is 0. The fourth-order valence-corrected chi connectivity index (χ4v) is 2.02. The van der Waals surface area contributed by atoms with Crippen molar-refractivity contribution in [1.29, 1.82) is 0 Å². The number of tetrazole rings is 1. The van der Waals surface area contributed by atoms with Crippen molar-refractivity contribution in [2.45, 2.75) is 0 Å². The second kappa shape index (κ2) is 5.90. The number of carbonyl (C=O) groups excluding carboxylic acids is 1. The molecule has 110 valence electrons. The molecule has 0 spiro atoms. The minimum Gasteiger partial charge on any atom is -0.322 e. The summed E-state index contributed by atoms with van der Waals surface area (Å²) in [5.41, 5.74) is 1.03. The van der Waals surface area contributed by atoms with Gasteiger partial charge in [0.05, 0.1) is 11.3 Å². The number of nitrogens with one attached hydrogen (secondary N) is 1. The van der Waals surface area contributed by atoms with E-state index >= 15 is 0 Å². The van der Waals surface area contributed by atoms with E-state index in [0.29, 0.717) is 16.4 Å². The number of amides is 1. The van der Waals surface area contributed by atoms with E-state index in [2.05, 4.69) is 20.8 Å². The minimum atomic E-state index is -0.530. The standard InChI is InChI=1S/C14H9ClFN5O/c15-9-1-4-11(5-2-9)18-14(22)12-7-10(16)3-6-13(12)21-8-17-19-20-21/h1-8H,(H,18,22). The van der Waals surface area contributed by atoms with Crippen LogP contribution in [0.15, 0.2) is 48.8 Å². The summed E-state index contributed by atoms with van der Waals surface area (Å²) in [5, 5.41) is 14.0. The van der Waals surface area contributed by atoms with Crippen molar-refractivity contribution in [1.82, 2.24) is 20.2 Å². The summed E-state index contributed by atoms with van der Waals surface area (Å²) in [6, 6.07) is 10.4. The Morgan fingerprint density at radius 2 is 1.95 bits per heavy atom. The van der Waals surface area contributed by atoms with Crippen molar-refractivity contribution in [3.8, 4) is 5.69 Å². The van der Waals surface area contributed by atoms with Crippen LogP contribution in [-0.4, -0.2) is 26.1 Å². The number of halogens is 2. The molecule has 1 heterocycles. The van der Waals surface area contributed by atoms with Crippen LogP contribution in [0.1, 0.15) is 10.4 Å². The third-order valence-electron chi connectivity index (χ3n) is 2.90. The van der Waals surface area contributed by atoms with E-state index in [-0.39, 0.29) is 5.56 Å². The summed E-state index contributed by atoms with van der Waals surface area (Å²) in [4.78, 5) is 12.4. The number of rotatable bonds is 3. The van der Waals surface area contributed by atoms with Crippen LogP contribution in [0.5, 0.6) is 0 Å². The molecule has 2 aromatic carbocycles. The highest BCUT2D eigenvalue weighted by atomic mass is 35.5. The summed E-state index contributed by atoms with van der Waals surface area (Å²) in [6.07, 6.45) is 1.33. The van der Waals surface area contributed by atoms with E-state index in [1.165, 1.54) is 23.1 Å². The van der Waals surface area contributed by atoms with Gasteiger partial charge in [-0.2, -0.15) is 4.68 Å². The van der Waals surface area contributed by atoms with Crippen molar-refractivity contribution in [2.24, 2.45) is 0 Å². The molecule has 0 unspecified atom stereocenters. The quantitative estimate of drug-likeness (QED) is 0.806. The molecule has 0 atom stereocenters. The average molecular weight is 318 g/mol. The number of anilines is 1. The van der Waals surface area contributed by atoms with Gasteiger partial charge in [-0.1, -0.05) is 11.6 Å². The van der Waals surface area contributed by atoms with Gasteiger partial charge in [-0.3, -0.25) is 4.79 Å². The minimum absolute atomic E-state index is 0.113. The molecular formula is C14H9ClFN5O. The van der Waals surface area contributed by atoms with Crippen molar-refractivity contribution in [3.05, 3.63) is 65.2 Å². The molecule has 3 rings (SSSR count). The summed E-state index contributed by atoms with van der Waals surface area (Å²) >= 11 is 5.79. The molecular weight excluding hydrogens is 309 g/mol. The molecule has 0 saturated heterocycles. The molecule has 22 heavy (non-hydrogen) atoms. The van der Waals surface area contributed by atoms with Gasteiger partial charge in [0.2, 0.25) is 0 Å². The maximum Gasteiger partial charge on any atom is 0.257 e. The summed E-state index contributed by atoms with van der Waals surface area (Å²) in [7, 11) is 0. The van der Waals surface area contributed by atoms with E-state index in [1.54, 1.807) is 24.3 Å². The third kappa shape index (κ3) is 2.94. The first-order chi connectivity index (χ1) is 10.6. The monoisotopic (exact) mass is 317 g/mol.